The third-order valence-corrected chi connectivity index (χ3v) is 2.12. The molecule has 0 saturated carbocycles. The molecule has 0 spiro atoms. The van der Waals surface area contributed by atoms with E-state index in [0.717, 1.165) is 12.3 Å². The van der Waals surface area contributed by atoms with Crippen molar-refractivity contribution in [3.63, 3.8) is 0 Å². The maximum atomic E-state index is 12.3. The van der Waals surface area contributed by atoms with Gasteiger partial charge in [-0.25, -0.2) is 15.0 Å². The first-order chi connectivity index (χ1) is 9.00. The van der Waals surface area contributed by atoms with Crippen molar-refractivity contribution in [3.05, 3.63) is 42.1 Å². The molecule has 0 atom stereocenters. The van der Waals surface area contributed by atoms with Crippen LogP contribution >= 0.6 is 0 Å². The highest BCUT2D eigenvalue weighted by atomic mass is 19.4. The molecule has 19 heavy (non-hydrogen) atoms. The highest BCUT2D eigenvalue weighted by molar-refractivity contribution is 5.59. The number of hydrogen-bond donors (Lipinski definition) is 1. The average molecular weight is 265 g/mol. The Labute approximate surface area is 105 Å². The van der Waals surface area contributed by atoms with Crippen LogP contribution in [0.25, 0.3) is 0 Å². The number of anilines is 2. The second kappa shape index (κ2) is 4.89. The number of nitrogens with zero attached hydrogens (tertiary/aromatic N) is 4. The molecule has 2 aromatic heterocycles. The molecule has 0 unspecified atom stereocenters. The molecule has 0 radical (unpaired) electrons. The Morgan fingerprint density at radius 1 is 1.11 bits per heavy atom. The number of rotatable bonds is 2. The fourth-order valence-electron chi connectivity index (χ4n) is 1.28. The Morgan fingerprint density at radius 2 is 1.84 bits per heavy atom. The average Bonchev–Trinajstić information content (AvgIpc) is 2.39. The van der Waals surface area contributed by atoms with Gasteiger partial charge in [0.25, 0.3) is 0 Å². The van der Waals surface area contributed by atoms with Gasteiger partial charge >= 0.3 is 6.18 Å². The fraction of sp³-hybridized carbons (Fsp3) is 0.0909. The van der Waals surface area contributed by atoms with E-state index >= 15 is 0 Å². The SMILES string of the molecule is N#Cc1nccnc1Nc1ccc(C(F)(F)F)nc1. The van der Waals surface area contributed by atoms with Crippen LogP contribution in [0.1, 0.15) is 11.4 Å². The molecule has 2 rings (SSSR count). The molecule has 0 aliphatic rings. The summed E-state index contributed by atoms with van der Waals surface area (Å²) in [6, 6.07) is 3.85. The Balaban J connectivity index is 2.23. The minimum Gasteiger partial charge on any atom is -0.337 e. The van der Waals surface area contributed by atoms with Crippen molar-refractivity contribution >= 4 is 11.5 Å². The smallest absolute Gasteiger partial charge is 0.337 e. The van der Waals surface area contributed by atoms with E-state index < -0.39 is 11.9 Å². The maximum Gasteiger partial charge on any atom is 0.433 e. The Morgan fingerprint density at radius 3 is 2.42 bits per heavy atom. The minimum atomic E-state index is -4.48. The van der Waals surface area contributed by atoms with Crippen LogP contribution in [0.2, 0.25) is 0 Å². The van der Waals surface area contributed by atoms with E-state index in [1.165, 1.54) is 18.5 Å². The first kappa shape index (κ1) is 12.8. The van der Waals surface area contributed by atoms with Crippen LogP contribution in [0.5, 0.6) is 0 Å². The van der Waals surface area contributed by atoms with Gasteiger partial charge < -0.3 is 5.32 Å². The molecular formula is C11H6F3N5. The van der Waals surface area contributed by atoms with Crippen LogP contribution in [0, 0.1) is 11.3 Å². The van der Waals surface area contributed by atoms with Crippen LogP contribution < -0.4 is 5.32 Å². The van der Waals surface area contributed by atoms with Gasteiger partial charge in [0.05, 0.1) is 11.9 Å². The van der Waals surface area contributed by atoms with E-state index in [1.54, 1.807) is 0 Å². The van der Waals surface area contributed by atoms with E-state index in [-0.39, 0.29) is 17.2 Å². The largest absolute Gasteiger partial charge is 0.433 e. The molecule has 0 bridgehead atoms. The quantitative estimate of drug-likeness (QED) is 0.902. The molecule has 2 aromatic rings. The van der Waals surface area contributed by atoms with Crippen molar-refractivity contribution in [1.82, 2.24) is 15.0 Å². The van der Waals surface area contributed by atoms with Crippen molar-refractivity contribution in [2.75, 3.05) is 5.32 Å². The van der Waals surface area contributed by atoms with Gasteiger partial charge in [-0.05, 0) is 12.1 Å². The lowest BCUT2D eigenvalue weighted by Crippen LogP contribution is -2.08. The Kier molecular flexibility index (Phi) is 3.29. The van der Waals surface area contributed by atoms with Crippen LogP contribution in [-0.2, 0) is 6.18 Å². The van der Waals surface area contributed by atoms with Crippen LogP contribution in [0.3, 0.4) is 0 Å². The molecule has 0 amide bonds. The number of nitrogens with one attached hydrogen (secondary N) is 1. The zero-order valence-corrected chi connectivity index (χ0v) is 9.31. The van der Waals surface area contributed by atoms with E-state index in [2.05, 4.69) is 20.3 Å². The second-order valence-electron chi connectivity index (χ2n) is 3.42. The van der Waals surface area contributed by atoms with Gasteiger partial charge in [0.2, 0.25) is 0 Å². The number of halogens is 3. The van der Waals surface area contributed by atoms with Gasteiger partial charge in [0, 0.05) is 12.4 Å². The fourth-order valence-corrected chi connectivity index (χ4v) is 1.28. The predicted molar refractivity (Wildman–Crippen MR) is 59.3 cm³/mol. The number of pyridine rings is 1. The van der Waals surface area contributed by atoms with E-state index in [4.69, 9.17) is 5.26 Å². The topological polar surface area (TPSA) is 74.5 Å². The zero-order chi connectivity index (χ0) is 13.9. The summed E-state index contributed by atoms with van der Waals surface area (Å²) in [7, 11) is 0. The normalized spacial score (nSPS) is 10.8. The summed E-state index contributed by atoms with van der Waals surface area (Å²) < 4.78 is 37.0. The van der Waals surface area contributed by atoms with Gasteiger partial charge in [-0.3, -0.25) is 0 Å². The minimum absolute atomic E-state index is 0.0439. The van der Waals surface area contributed by atoms with Gasteiger partial charge in [-0.2, -0.15) is 18.4 Å². The molecule has 0 aliphatic carbocycles. The molecule has 2 heterocycles. The number of hydrogen-bond acceptors (Lipinski definition) is 5. The number of alkyl halides is 3. The summed E-state index contributed by atoms with van der Waals surface area (Å²) in [5.74, 6) is 0.159. The summed E-state index contributed by atoms with van der Waals surface area (Å²) in [5.41, 5.74) is -0.662. The summed E-state index contributed by atoms with van der Waals surface area (Å²) in [6.07, 6.45) is -0.767. The van der Waals surface area contributed by atoms with Crippen LogP contribution in [0.4, 0.5) is 24.7 Å². The molecule has 1 N–H and O–H groups in total. The molecule has 0 aromatic carbocycles. The lowest BCUT2D eigenvalue weighted by Gasteiger charge is -2.08. The third-order valence-electron chi connectivity index (χ3n) is 2.12. The molecule has 0 aliphatic heterocycles. The van der Waals surface area contributed by atoms with Crippen LogP contribution in [-0.4, -0.2) is 15.0 Å². The monoisotopic (exact) mass is 265 g/mol. The van der Waals surface area contributed by atoms with E-state index in [9.17, 15) is 13.2 Å². The second-order valence-corrected chi connectivity index (χ2v) is 3.42. The van der Waals surface area contributed by atoms with E-state index in [0.29, 0.717) is 0 Å². The number of nitriles is 1. The van der Waals surface area contributed by atoms with Crippen molar-refractivity contribution in [3.8, 4) is 6.07 Å². The lowest BCUT2D eigenvalue weighted by molar-refractivity contribution is -0.141. The van der Waals surface area contributed by atoms with Crippen LogP contribution in [0.15, 0.2) is 30.7 Å². The molecule has 5 nitrogen and oxygen atoms in total. The highest BCUT2D eigenvalue weighted by Gasteiger charge is 2.32. The summed E-state index contributed by atoms with van der Waals surface area (Å²) in [5, 5.41) is 11.5. The summed E-state index contributed by atoms with van der Waals surface area (Å²) in [4.78, 5) is 10.9. The van der Waals surface area contributed by atoms with Gasteiger partial charge in [-0.15, -0.1) is 0 Å². The van der Waals surface area contributed by atoms with Crippen molar-refractivity contribution in [1.29, 1.82) is 5.26 Å². The van der Waals surface area contributed by atoms with Crippen molar-refractivity contribution in [2.45, 2.75) is 6.18 Å². The first-order valence-corrected chi connectivity index (χ1v) is 5.02. The zero-order valence-electron chi connectivity index (χ0n) is 9.31. The molecule has 0 fully saturated rings. The van der Waals surface area contributed by atoms with Crippen molar-refractivity contribution < 1.29 is 13.2 Å². The standard InChI is InChI=1S/C11H6F3N5/c12-11(13,14)9-2-1-7(6-18-9)19-10-8(5-15)16-3-4-17-10/h1-4,6H,(H,17,19). The molecular weight excluding hydrogens is 259 g/mol. The molecule has 8 heteroatoms. The highest BCUT2D eigenvalue weighted by Crippen LogP contribution is 2.28. The number of aromatic nitrogens is 3. The molecule has 96 valence electrons. The van der Waals surface area contributed by atoms with Gasteiger partial charge in [-0.1, -0.05) is 0 Å². The maximum absolute atomic E-state index is 12.3. The van der Waals surface area contributed by atoms with Gasteiger partial charge in [0.15, 0.2) is 11.5 Å². The van der Waals surface area contributed by atoms with Gasteiger partial charge in [0.1, 0.15) is 11.8 Å². The van der Waals surface area contributed by atoms with E-state index in [1.807, 2.05) is 6.07 Å². The van der Waals surface area contributed by atoms with Crippen molar-refractivity contribution in [2.24, 2.45) is 0 Å². The molecule has 0 saturated heterocycles. The lowest BCUT2D eigenvalue weighted by atomic mass is 10.3. The Bertz CT molecular complexity index is 615. The summed E-state index contributed by atoms with van der Waals surface area (Å²) in [6.45, 7) is 0. The summed E-state index contributed by atoms with van der Waals surface area (Å²) >= 11 is 0. The predicted octanol–water partition coefficient (Wildman–Crippen LogP) is 2.51. The Hall–Kier alpha value is -2.69. The third kappa shape index (κ3) is 2.95. The first-order valence-electron chi connectivity index (χ1n) is 5.02.